The predicted octanol–water partition coefficient (Wildman–Crippen LogP) is 1.82. The van der Waals surface area contributed by atoms with Crippen LogP contribution in [0.4, 0.5) is 4.79 Å². The fourth-order valence-corrected chi connectivity index (χ4v) is 3.29. The van der Waals surface area contributed by atoms with Crippen LogP contribution in [0, 0.1) is 17.2 Å². The summed E-state index contributed by atoms with van der Waals surface area (Å²) < 4.78 is 10.7. The SMILES string of the molecule is N#CCNC(=O)C(CCC1CCCCC1)OC(=O)N1CCOCC1. The van der Waals surface area contributed by atoms with Gasteiger partial charge >= 0.3 is 6.09 Å². The van der Waals surface area contributed by atoms with Gasteiger partial charge in [-0.3, -0.25) is 4.79 Å². The maximum absolute atomic E-state index is 12.2. The van der Waals surface area contributed by atoms with Gasteiger partial charge in [0.1, 0.15) is 6.54 Å². The molecule has 7 heteroatoms. The van der Waals surface area contributed by atoms with Crippen LogP contribution in [0.1, 0.15) is 44.9 Å². The molecule has 1 saturated carbocycles. The third kappa shape index (κ3) is 6.00. The van der Waals surface area contributed by atoms with E-state index < -0.39 is 12.2 Å². The standard InChI is InChI=1S/C17H27N3O4/c18-8-9-19-16(21)15(7-6-14-4-2-1-3-5-14)24-17(22)20-10-12-23-13-11-20/h14-15H,1-7,9-13H2,(H,19,21). The number of rotatable bonds is 6. The van der Waals surface area contributed by atoms with Crippen molar-refractivity contribution in [3.05, 3.63) is 0 Å². The molecule has 0 aromatic rings. The number of nitrogens with zero attached hydrogens (tertiary/aromatic N) is 2. The smallest absolute Gasteiger partial charge is 0.410 e. The van der Waals surface area contributed by atoms with E-state index >= 15 is 0 Å². The predicted molar refractivity (Wildman–Crippen MR) is 87.1 cm³/mol. The fourth-order valence-electron chi connectivity index (χ4n) is 3.29. The van der Waals surface area contributed by atoms with Crippen molar-refractivity contribution in [3.8, 4) is 6.07 Å². The molecular formula is C17H27N3O4. The van der Waals surface area contributed by atoms with E-state index in [0.29, 0.717) is 38.6 Å². The van der Waals surface area contributed by atoms with Crippen molar-refractivity contribution in [3.63, 3.8) is 0 Å². The third-order valence-corrected chi connectivity index (χ3v) is 4.71. The summed E-state index contributed by atoms with van der Waals surface area (Å²) in [4.78, 5) is 26.0. The molecule has 0 aromatic carbocycles. The molecule has 1 aliphatic carbocycles. The zero-order valence-electron chi connectivity index (χ0n) is 14.2. The fraction of sp³-hybridized carbons (Fsp3) is 0.824. The highest BCUT2D eigenvalue weighted by molar-refractivity contribution is 5.83. The van der Waals surface area contributed by atoms with Gasteiger partial charge < -0.3 is 19.7 Å². The largest absolute Gasteiger partial charge is 0.436 e. The van der Waals surface area contributed by atoms with E-state index in [0.717, 1.165) is 6.42 Å². The Balaban J connectivity index is 1.86. The number of amides is 2. The quantitative estimate of drug-likeness (QED) is 0.747. The lowest BCUT2D eigenvalue weighted by molar-refractivity contribution is -0.130. The number of nitrogens with one attached hydrogen (secondary N) is 1. The number of hydrogen-bond donors (Lipinski definition) is 1. The molecule has 1 aliphatic heterocycles. The summed E-state index contributed by atoms with van der Waals surface area (Å²) in [7, 11) is 0. The first-order chi connectivity index (χ1) is 11.7. The van der Waals surface area contributed by atoms with Gasteiger partial charge in [-0.25, -0.2) is 4.79 Å². The lowest BCUT2D eigenvalue weighted by atomic mass is 9.85. The summed E-state index contributed by atoms with van der Waals surface area (Å²) in [6, 6.07) is 1.88. The minimum Gasteiger partial charge on any atom is -0.436 e. The molecule has 1 N–H and O–H groups in total. The van der Waals surface area contributed by atoms with E-state index in [9.17, 15) is 9.59 Å². The minimum absolute atomic E-state index is 0.0755. The van der Waals surface area contributed by atoms with Gasteiger partial charge in [0.25, 0.3) is 5.91 Å². The number of carbonyl (C=O) groups is 2. The van der Waals surface area contributed by atoms with Crippen LogP contribution in [0.15, 0.2) is 0 Å². The van der Waals surface area contributed by atoms with E-state index in [1.165, 1.54) is 32.1 Å². The lowest BCUT2D eigenvalue weighted by Crippen LogP contribution is -2.45. The monoisotopic (exact) mass is 337 g/mol. The second-order valence-electron chi connectivity index (χ2n) is 6.43. The molecule has 0 aromatic heterocycles. The average molecular weight is 337 g/mol. The number of nitriles is 1. The van der Waals surface area contributed by atoms with E-state index in [4.69, 9.17) is 14.7 Å². The first-order valence-corrected chi connectivity index (χ1v) is 8.88. The number of carbonyl (C=O) groups excluding carboxylic acids is 2. The molecule has 24 heavy (non-hydrogen) atoms. The Morgan fingerprint density at radius 3 is 2.62 bits per heavy atom. The molecule has 0 bridgehead atoms. The minimum atomic E-state index is -0.823. The summed E-state index contributed by atoms with van der Waals surface area (Å²) in [5.41, 5.74) is 0. The highest BCUT2D eigenvalue weighted by atomic mass is 16.6. The van der Waals surface area contributed by atoms with Crippen molar-refractivity contribution < 1.29 is 19.1 Å². The van der Waals surface area contributed by atoms with Crippen molar-refractivity contribution >= 4 is 12.0 Å². The Hall–Kier alpha value is -1.81. The van der Waals surface area contributed by atoms with Crippen molar-refractivity contribution in [2.75, 3.05) is 32.8 Å². The van der Waals surface area contributed by atoms with Crippen molar-refractivity contribution in [2.24, 2.45) is 5.92 Å². The molecule has 2 fully saturated rings. The van der Waals surface area contributed by atoms with Gasteiger partial charge in [0.15, 0.2) is 6.10 Å². The second-order valence-corrected chi connectivity index (χ2v) is 6.43. The topological polar surface area (TPSA) is 91.7 Å². The van der Waals surface area contributed by atoms with E-state index in [1.54, 1.807) is 4.90 Å². The molecule has 0 radical (unpaired) electrons. The molecule has 0 spiro atoms. The van der Waals surface area contributed by atoms with Crippen LogP contribution in [-0.4, -0.2) is 55.9 Å². The first-order valence-electron chi connectivity index (χ1n) is 8.88. The summed E-state index contributed by atoms with van der Waals surface area (Å²) in [6.07, 6.45) is 6.23. The Morgan fingerprint density at radius 2 is 1.96 bits per heavy atom. The highest BCUT2D eigenvalue weighted by Gasteiger charge is 2.27. The Kier molecular flexibility index (Phi) is 7.83. The van der Waals surface area contributed by atoms with Crippen LogP contribution in [0.25, 0.3) is 0 Å². The zero-order chi connectivity index (χ0) is 17.2. The average Bonchev–Trinajstić information content (AvgIpc) is 2.64. The van der Waals surface area contributed by atoms with Crippen LogP contribution < -0.4 is 5.32 Å². The molecule has 1 heterocycles. The molecule has 2 amide bonds. The number of ether oxygens (including phenoxy) is 2. The van der Waals surface area contributed by atoms with Crippen LogP contribution in [0.3, 0.4) is 0 Å². The van der Waals surface area contributed by atoms with Gasteiger partial charge in [-0.2, -0.15) is 5.26 Å². The van der Waals surface area contributed by atoms with Gasteiger partial charge in [-0.05, 0) is 18.8 Å². The zero-order valence-corrected chi connectivity index (χ0v) is 14.2. The number of hydrogen-bond acceptors (Lipinski definition) is 5. The molecule has 1 unspecified atom stereocenters. The molecule has 1 atom stereocenters. The third-order valence-electron chi connectivity index (χ3n) is 4.71. The maximum atomic E-state index is 12.2. The van der Waals surface area contributed by atoms with E-state index in [-0.39, 0.29) is 12.5 Å². The second kappa shape index (κ2) is 10.1. The normalized spacial score (nSPS) is 20.0. The van der Waals surface area contributed by atoms with Gasteiger partial charge in [0, 0.05) is 13.1 Å². The molecule has 2 rings (SSSR count). The summed E-state index contributed by atoms with van der Waals surface area (Å²) >= 11 is 0. The van der Waals surface area contributed by atoms with Gasteiger partial charge in [0.05, 0.1) is 19.3 Å². The van der Waals surface area contributed by atoms with Crippen LogP contribution >= 0.6 is 0 Å². The summed E-state index contributed by atoms with van der Waals surface area (Å²) in [6.45, 7) is 1.86. The van der Waals surface area contributed by atoms with Gasteiger partial charge in [0.2, 0.25) is 0 Å². The van der Waals surface area contributed by atoms with Crippen LogP contribution in [-0.2, 0) is 14.3 Å². The lowest BCUT2D eigenvalue weighted by Gasteiger charge is -2.29. The summed E-state index contributed by atoms with van der Waals surface area (Å²) in [5.74, 6) is 0.223. The van der Waals surface area contributed by atoms with Crippen molar-refractivity contribution in [2.45, 2.75) is 51.0 Å². The van der Waals surface area contributed by atoms with Gasteiger partial charge in [-0.1, -0.05) is 32.1 Å². The van der Waals surface area contributed by atoms with Gasteiger partial charge in [-0.15, -0.1) is 0 Å². The molecule has 134 valence electrons. The van der Waals surface area contributed by atoms with E-state index in [1.807, 2.05) is 6.07 Å². The van der Waals surface area contributed by atoms with E-state index in [2.05, 4.69) is 5.32 Å². The Morgan fingerprint density at radius 1 is 1.25 bits per heavy atom. The van der Waals surface area contributed by atoms with Crippen molar-refractivity contribution in [1.29, 1.82) is 5.26 Å². The molecule has 1 saturated heterocycles. The van der Waals surface area contributed by atoms with Crippen LogP contribution in [0.5, 0.6) is 0 Å². The van der Waals surface area contributed by atoms with Crippen molar-refractivity contribution in [1.82, 2.24) is 10.2 Å². The summed E-state index contributed by atoms with van der Waals surface area (Å²) in [5, 5.41) is 11.1. The molecule has 7 nitrogen and oxygen atoms in total. The first kappa shape index (κ1) is 18.5. The molecular weight excluding hydrogens is 310 g/mol. The Labute approximate surface area is 143 Å². The maximum Gasteiger partial charge on any atom is 0.410 e. The Bertz CT molecular complexity index is 451. The molecule has 2 aliphatic rings. The number of morpholine rings is 1. The highest BCUT2D eigenvalue weighted by Crippen LogP contribution is 2.28. The van der Waals surface area contributed by atoms with Crippen LogP contribution in [0.2, 0.25) is 0 Å².